The fourth-order valence-electron chi connectivity index (χ4n) is 2.70. The quantitative estimate of drug-likeness (QED) is 0.657. The Bertz CT molecular complexity index is 491. The van der Waals surface area contributed by atoms with E-state index >= 15 is 0 Å². The zero-order valence-electron chi connectivity index (χ0n) is 12.9. The molecule has 6 heteroatoms. The molecule has 0 spiro atoms. The van der Waals surface area contributed by atoms with Gasteiger partial charge < -0.3 is 25.0 Å². The van der Waals surface area contributed by atoms with Crippen LogP contribution in [-0.2, 0) is 16.0 Å². The molecule has 0 saturated carbocycles. The van der Waals surface area contributed by atoms with Gasteiger partial charge in [0.15, 0.2) is 5.96 Å². The highest BCUT2D eigenvalue weighted by Gasteiger charge is 2.12. The third-order valence-corrected chi connectivity index (χ3v) is 4.07. The summed E-state index contributed by atoms with van der Waals surface area (Å²) in [6.45, 7) is 7.26. The van der Waals surface area contributed by atoms with Gasteiger partial charge in [-0.1, -0.05) is 12.1 Å². The second kappa shape index (κ2) is 7.47. The van der Waals surface area contributed by atoms with Crippen molar-refractivity contribution in [2.75, 3.05) is 57.5 Å². The molecule has 3 rings (SSSR count). The molecular weight excluding hydrogens is 280 g/mol. The Labute approximate surface area is 131 Å². The normalized spacial score (nSPS) is 20.3. The van der Waals surface area contributed by atoms with Crippen LogP contribution in [-0.4, -0.2) is 63.5 Å². The molecule has 2 fully saturated rings. The Hall–Kier alpha value is -1.79. The molecule has 2 heterocycles. The van der Waals surface area contributed by atoms with Gasteiger partial charge in [0.05, 0.1) is 33.0 Å². The number of ether oxygens (including phenoxy) is 2. The monoisotopic (exact) mass is 304 g/mol. The van der Waals surface area contributed by atoms with Crippen LogP contribution in [0.3, 0.4) is 0 Å². The second-order valence-electron chi connectivity index (χ2n) is 5.54. The lowest BCUT2D eigenvalue weighted by molar-refractivity contribution is 0.0674. The van der Waals surface area contributed by atoms with Gasteiger partial charge in [0.2, 0.25) is 0 Å². The van der Waals surface area contributed by atoms with Gasteiger partial charge >= 0.3 is 0 Å². The molecule has 6 nitrogen and oxygen atoms in total. The van der Waals surface area contributed by atoms with Crippen molar-refractivity contribution in [3.8, 4) is 0 Å². The summed E-state index contributed by atoms with van der Waals surface area (Å²) in [4.78, 5) is 8.91. The Morgan fingerprint density at radius 3 is 2.18 bits per heavy atom. The Morgan fingerprint density at radius 2 is 1.55 bits per heavy atom. The number of nitrogens with zero attached hydrogens (tertiary/aromatic N) is 3. The standard InChI is InChI=1S/C16H24N4O2/c17-16(20-7-11-22-12-8-20)18-13-14-1-3-15(4-2-14)19-5-9-21-10-6-19/h1-4H,5-13H2,(H2,17,18). The van der Waals surface area contributed by atoms with Gasteiger partial charge in [-0.05, 0) is 17.7 Å². The molecule has 2 N–H and O–H groups in total. The van der Waals surface area contributed by atoms with Crippen molar-refractivity contribution in [3.05, 3.63) is 29.8 Å². The average molecular weight is 304 g/mol. The first-order valence-electron chi connectivity index (χ1n) is 7.87. The van der Waals surface area contributed by atoms with Crippen molar-refractivity contribution in [2.45, 2.75) is 6.54 Å². The first kappa shape index (κ1) is 15.1. The van der Waals surface area contributed by atoms with E-state index in [2.05, 4.69) is 39.1 Å². The topological polar surface area (TPSA) is 63.3 Å². The van der Waals surface area contributed by atoms with E-state index in [9.17, 15) is 0 Å². The minimum Gasteiger partial charge on any atom is -0.378 e. The van der Waals surface area contributed by atoms with E-state index in [-0.39, 0.29) is 0 Å². The zero-order chi connectivity index (χ0) is 15.2. The van der Waals surface area contributed by atoms with E-state index in [1.807, 2.05) is 0 Å². The maximum atomic E-state index is 6.04. The number of rotatable bonds is 3. The lowest BCUT2D eigenvalue weighted by Crippen LogP contribution is -2.44. The summed E-state index contributed by atoms with van der Waals surface area (Å²) in [5.41, 5.74) is 8.46. The van der Waals surface area contributed by atoms with Gasteiger partial charge in [-0.25, -0.2) is 4.99 Å². The van der Waals surface area contributed by atoms with E-state index in [1.54, 1.807) is 0 Å². The van der Waals surface area contributed by atoms with E-state index in [0.29, 0.717) is 12.5 Å². The van der Waals surface area contributed by atoms with Crippen LogP contribution in [0.1, 0.15) is 5.56 Å². The summed E-state index contributed by atoms with van der Waals surface area (Å²) in [6.07, 6.45) is 0. The minimum atomic E-state index is 0.612. The van der Waals surface area contributed by atoms with Crippen molar-refractivity contribution in [3.63, 3.8) is 0 Å². The number of aliphatic imine (C=N–C) groups is 1. The zero-order valence-corrected chi connectivity index (χ0v) is 12.9. The van der Waals surface area contributed by atoms with Gasteiger partial charge in [0.25, 0.3) is 0 Å². The lowest BCUT2D eigenvalue weighted by Gasteiger charge is -2.29. The fraction of sp³-hybridized carbons (Fsp3) is 0.562. The third kappa shape index (κ3) is 3.90. The largest absolute Gasteiger partial charge is 0.378 e. The lowest BCUT2D eigenvalue weighted by atomic mass is 10.2. The Kier molecular flexibility index (Phi) is 5.13. The predicted octanol–water partition coefficient (Wildman–Crippen LogP) is 0.670. The predicted molar refractivity (Wildman–Crippen MR) is 87.2 cm³/mol. The summed E-state index contributed by atoms with van der Waals surface area (Å²) in [5, 5.41) is 0. The maximum Gasteiger partial charge on any atom is 0.191 e. The molecule has 0 bridgehead atoms. The average Bonchev–Trinajstić information content (AvgIpc) is 2.61. The highest BCUT2D eigenvalue weighted by molar-refractivity contribution is 5.78. The molecular formula is C16H24N4O2. The number of morpholine rings is 2. The van der Waals surface area contributed by atoms with Crippen molar-refractivity contribution in [1.29, 1.82) is 0 Å². The van der Waals surface area contributed by atoms with E-state index in [0.717, 1.165) is 52.6 Å². The van der Waals surface area contributed by atoms with Gasteiger partial charge in [0.1, 0.15) is 0 Å². The molecule has 0 atom stereocenters. The van der Waals surface area contributed by atoms with Crippen LogP contribution >= 0.6 is 0 Å². The Morgan fingerprint density at radius 1 is 0.955 bits per heavy atom. The smallest absolute Gasteiger partial charge is 0.191 e. The number of hydrogen-bond acceptors (Lipinski definition) is 4. The molecule has 2 saturated heterocycles. The van der Waals surface area contributed by atoms with Crippen LogP contribution in [0.4, 0.5) is 5.69 Å². The molecule has 0 amide bonds. The van der Waals surface area contributed by atoms with Crippen molar-refractivity contribution in [2.24, 2.45) is 10.7 Å². The molecule has 0 aliphatic carbocycles. The number of nitrogens with two attached hydrogens (primary N) is 1. The highest BCUT2D eigenvalue weighted by atomic mass is 16.5. The summed E-state index contributed by atoms with van der Waals surface area (Å²) in [7, 11) is 0. The van der Waals surface area contributed by atoms with Gasteiger partial charge in [-0.3, -0.25) is 0 Å². The van der Waals surface area contributed by atoms with Crippen LogP contribution in [0.15, 0.2) is 29.3 Å². The molecule has 22 heavy (non-hydrogen) atoms. The third-order valence-electron chi connectivity index (χ3n) is 4.07. The second-order valence-corrected chi connectivity index (χ2v) is 5.54. The van der Waals surface area contributed by atoms with Gasteiger partial charge in [-0.15, -0.1) is 0 Å². The first-order valence-corrected chi connectivity index (χ1v) is 7.87. The van der Waals surface area contributed by atoms with Crippen molar-refractivity contribution >= 4 is 11.6 Å². The molecule has 0 radical (unpaired) electrons. The van der Waals surface area contributed by atoms with Crippen molar-refractivity contribution < 1.29 is 9.47 Å². The summed E-state index contributed by atoms with van der Waals surface area (Å²) in [6, 6.07) is 8.56. The van der Waals surface area contributed by atoms with Crippen LogP contribution in [0.2, 0.25) is 0 Å². The summed E-state index contributed by atoms with van der Waals surface area (Å²) < 4.78 is 10.7. The van der Waals surface area contributed by atoms with E-state index in [1.165, 1.54) is 11.3 Å². The maximum absolute atomic E-state index is 6.04. The molecule has 0 unspecified atom stereocenters. The van der Waals surface area contributed by atoms with Gasteiger partial charge in [-0.2, -0.15) is 0 Å². The number of benzene rings is 1. The SMILES string of the molecule is NC(=NCc1ccc(N2CCOCC2)cc1)N1CCOCC1. The molecule has 1 aromatic rings. The van der Waals surface area contributed by atoms with E-state index in [4.69, 9.17) is 15.2 Å². The molecule has 2 aliphatic heterocycles. The van der Waals surface area contributed by atoms with Crippen LogP contribution in [0, 0.1) is 0 Å². The van der Waals surface area contributed by atoms with Gasteiger partial charge in [0, 0.05) is 31.9 Å². The number of guanidine groups is 1. The summed E-state index contributed by atoms with van der Waals surface area (Å²) >= 11 is 0. The van der Waals surface area contributed by atoms with Crippen molar-refractivity contribution in [1.82, 2.24) is 4.90 Å². The van der Waals surface area contributed by atoms with Crippen LogP contribution in [0.25, 0.3) is 0 Å². The van der Waals surface area contributed by atoms with Crippen LogP contribution < -0.4 is 10.6 Å². The van der Waals surface area contributed by atoms with Crippen LogP contribution in [0.5, 0.6) is 0 Å². The highest BCUT2D eigenvalue weighted by Crippen LogP contribution is 2.17. The Balaban J connectivity index is 1.56. The summed E-state index contributed by atoms with van der Waals surface area (Å²) in [5.74, 6) is 0.612. The minimum absolute atomic E-state index is 0.612. The first-order chi connectivity index (χ1) is 10.8. The molecule has 2 aliphatic rings. The number of hydrogen-bond donors (Lipinski definition) is 1. The molecule has 1 aromatic carbocycles. The molecule has 0 aromatic heterocycles. The number of anilines is 1. The molecule has 120 valence electrons. The fourth-order valence-corrected chi connectivity index (χ4v) is 2.70. The van der Waals surface area contributed by atoms with E-state index < -0.39 is 0 Å².